The van der Waals surface area contributed by atoms with E-state index in [0.717, 1.165) is 32.5 Å². The summed E-state index contributed by atoms with van der Waals surface area (Å²) in [5, 5.41) is 19.3. The monoisotopic (exact) mass is 1160 g/mol. The van der Waals surface area contributed by atoms with Crippen LogP contribution in [0.25, 0.3) is 27.2 Å². The van der Waals surface area contributed by atoms with Crippen molar-refractivity contribution in [3.63, 3.8) is 0 Å². The number of benzene rings is 5. The number of carboxylic acid groups (broad SMARTS) is 1. The van der Waals surface area contributed by atoms with E-state index in [0.29, 0.717) is 118 Å². The third kappa shape index (κ3) is 11.9. The van der Waals surface area contributed by atoms with Crippen LogP contribution in [-0.4, -0.2) is 188 Å². The van der Waals surface area contributed by atoms with Gasteiger partial charge >= 0.3 is 5.97 Å². The van der Waals surface area contributed by atoms with Gasteiger partial charge in [0.15, 0.2) is 0 Å². The first-order valence-corrected chi connectivity index (χ1v) is 29.5. The first-order valence-electron chi connectivity index (χ1n) is 28.1. The normalized spacial score (nSPS) is 17.7. The van der Waals surface area contributed by atoms with E-state index in [-0.39, 0.29) is 61.0 Å². The minimum Gasteiger partial charge on any atom is -0.493 e. The zero-order chi connectivity index (χ0) is 59.4. The summed E-state index contributed by atoms with van der Waals surface area (Å²) in [6, 6.07) is 30.9. The van der Waals surface area contributed by atoms with Crippen LogP contribution in [0, 0.1) is 0 Å². The summed E-state index contributed by atoms with van der Waals surface area (Å²) >= 11 is 0. The Kier molecular flexibility index (Phi) is 17.5. The van der Waals surface area contributed by atoms with Crippen LogP contribution in [0.1, 0.15) is 68.5 Å². The lowest BCUT2D eigenvalue weighted by molar-refractivity contribution is -0.136. The lowest BCUT2D eigenvalue weighted by atomic mass is 9.95. The van der Waals surface area contributed by atoms with E-state index in [4.69, 9.17) is 20.2 Å². The van der Waals surface area contributed by atoms with E-state index in [1.165, 1.54) is 28.8 Å². The molecule has 0 radical (unpaired) electrons. The Labute approximate surface area is 487 Å². The van der Waals surface area contributed by atoms with Crippen LogP contribution in [0.4, 0.5) is 11.4 Å². The third-order valence-corrected chi connectivity index (χ3v) is 18.0. The number of aromatic carboxylic acids is 1. The molecular formula is C61H69N11O11S. The van der Waals surface area contributed by atoms with E-state index in [1.54, 1.807) is 31.0 Å². The van der Waals surface area contributed by atoms with Gasteiger partial charge in [0.1, 0.15) is 29.8 Å². The average Bonchev–Trinajstić information content (AvgIpc) is 2.63. The van der Waals surface area contributed by atoms with Gasteiger partial charge < -0.3 is 40.0 Å². The molecule has 23 heteroatoms. The number of piperazine rings is 2. The van der Waals surface area contributed by atoms with Crippen molar-refractivity contribution in [2.24, 2.45) is 10.7 Å². The van der Waals surface area contributed by atoms with Gasteiger partial charge in [0.05, 0.1) is 35.5 Å². The molecule has 1 aromatic heterocycles. The number of aryl methyl sites for hydroxylation is 1. The molecule has 4 aliphatic heterocycles. The number of carbonyl (C=O) groups excluding carboxylic acids is 5. The minimum absolute atomic E-state index is 0.00745. The molecule has 1 unspecified atom stereocenters. The number of fused-ring (bicyclic) bond motifs is 3. The highest BCUT2D eigenvalue weighted by molar-refractivity contribution is 7.86. The number of anilines is 2. The maximum atomic E-state index is 13.8. The number of ether oxygens (including phenoxy) is 2. The number of carbonyl (C=O) groups is 6. The highest BCUT2D eigenvalue weighted by atomic mass is 32.2. The van der Waals surface area contributed by atoms with Crippen molar-refractivity contribution in [3.05, 3.63) is 137 Å². The number of hydrogen-bond donors (Lipinski definition) is 4. The fourth-order valence-electron chi connectivity index (χ4n) is 11.7. The lowest BCUT2D eigenvalue weighted by Crippen LogP contribution is -2.54. The number of nitrogens with one attached hydrogen (secondary N) is 2. The fraction of sp³-hybridized carbons (Fsp3) is 0.361. The molecule has 0 spiro atoms. The lowest BCUT2D eigenvalue weighted by Gasteiger charge is -2.36. The number of amides is 5. The Hall–Kier alpha value is -8.64. The molecule has 84 heavy (non-hydrogen) atoms. The number of nitrogens with two attached hydrogens (primary N) is 1. The van der Waals surface area contributed by atoms with Crippen molar-refractivity contribution in [1.29, 1.82) is 0 Å². The van der Waals surface area contributed by atoms with Crippen molar-refractivity contribution < 1.29 is 51.8 Å². The summed E-state index contributed by atoms with van der Waals surface area (Å²) < 4.78 is 42.7. The molecule has 0 aliphatic carbocycles. The SMILES string of the molecule is CN=C(COc1ccc(N2CCN(S(=O)(=O)N(C)C)CC2)cc1)C(=C(C)N)c1cccc2c(CCCOc3cccc4ccccc34)c(C(=O)O)n(CCN3CCN(C(=O)CNc4cccc5c4C(=O)N(C4CCC(=O)NC4=O)C5=O)CC3)c12. The first kappa shape index (κ1) is 58.6. The second-order valence-electron chi connectivity index (χ2n) is 21.4. The van der Waals surface area contributed by atoms with Gasteiger partial charge in [-0.15, -0.1) is 0 Å². The molecular weight excluding hydrogens is 1090 g/mol. The number of nitrogens with zero attached hydrogens (tertiary/aromatic N) is 8. The summed E-state index contributed by atoms with van der Waals surface area (Å²) in [5.74, 6) is -2.49. The van der Waals surface area contributed by atoms with Gasteiger partial charge in [-0.25, -0.2) is 4.79 Å². The Morgan fingerprint density at radius 2 is 1.52 bits per heavy atom. The van der Waals surface area contributed by atoms with E-state index < -0.39 is 45.8 Å². The van der Waals surface area contributed by atoms with Crippen molar-refractivity contribution >= 4 is 90.0 Å². The minimum atomic E-state index is -3.51. The summed E-state index contributed by atoms with van der Waals surface area (Å²) in [6.07, 6.45) is 0.918. The van der Waals surface area contributed by atoms with Gasteiger partial charge in [-0.2, -0.15) is 17.0 Å². The largest absolute Gasteiger partial charge is 0.493 e. The molecule has 5 aromatic carbocycles. The van der Waals surface area contributed by atoms with Crippen LogP contribution in [0.3, 0.4) is 0 Å². The summed E-state index contributed by atoms with van der Waals surface area (Å²) in [4.78, 5) is 90.7. The van der Waals surface area contributed by atoms with Crippen LogP contribution in [0.2, 0.25) is 0 Å². The van der Waals surface area contributed by atoms with Crippen LogP contribution in [-0.2, 0) is 37.6 Å². The van der Waals surface area contributed by atoms with E-state index in [1.807, 2.05) is 89.5 Å². The maximum absolute atomic E-state index is 13.8. The number of rotatable bonds is 21. The molecule has 5 amide bonds. The maximum Gasteiger partial charge on any atom is 0.352 e. The Bertz CT molecular complexity index is 3720. The number of aliphatic imine (C=N–C) groups is 1. The van der Waals surface area contributed by atoms with E-state index in [2.05, 4.69) is 20.4 Å². The number of carboxylic acids is 1. The highest BCUT2D eigenvalue weighted by Crippen LogP contribution is 2.37. The van der Waals surface area contributed by atoms with E-state index >= 15 is 0 Å². The Morgan fingerprint density at radius 3 is 2.23 bits per heavy atom. The topological polar surface area (TPSA) is 262 Å². The standard InChI is InChI=1S/C61H69N11O11S/c1-39(62)54(49(63-2)38-83-42-22-20-41(21-23-42)68-31-33-70(34-32-68)84(80,81)66(3)4)46-15-8-14-44-45(17-10-36-82-51-19-7-12-40-11-5-6-13-43(40)51)57(61(78)79)71(56(44)46)35-28-67-26-29-69(30-27-67)53(74)37-64-48-18-9-16-47-55(48)60(77)72(59(47)76)50-24-25-52(73)65-58(50)75/h5-9,11-16,18-23,50,64H,10,17,24-38,62H2,1-4H3,(H,78,79)(H,65,73,75). The second-order valence-corrected chi connectivity index (χ2v) is 23.5. The average molecular weight is 1160 g/mol. The van der Waals surface area contributed by atoms with Crippen LogP contribution < -0.4 is 30.7 Å². The first-order chi connectivity index (χ1) is 40.4. The summed E-state index contributed by atoms with van der Waals surface area (Å²) in [7, 11) is 1.22. The van der Waals surface area contributed by atoms with Gasteiger partial charge in [0, 0.05) is 132 Å². The van der Waals surface area contributed by atoms with Crippen LogP contribution in [0.5, 0.6) is 11.5 Å². The molecule has 22 nitrogen and oxygen atoms in total. The zero-order valence-corrected chi connectivity index (χ0v) is 48.3. The van der Waals surface area contributed by atoms with Gasteiger partial charge in [-0.05, 0) is 79.6 Å². The van der Waals surface area contributed by atoms with Crippen LogP contribution in [0.15, 0.2) is 114 Å². The number of hydrogen-bond acceptors (Lipinski definition) is 15. The van der Waals surface area contributed by atoms with Gasteiger partial charge in [0.25, 0.3) is 22.0 Å². The molecule has 10 rings (SSSR count). The van der Waals surface area contributed by atoms with Gasteiger partial charge in [0.2, 0.25) is 17.7 Å². The predicted octanol–water partition coefficient (Wildman–Crippen LogP) is 4.93. The molecule has 5 N–H and O–H groups in total. The van der Waals surface area contributed by atoms with Crippen molar-refractivity contribution in [2.45, 2.75) is 45.2 Å². The van der Waals surface area contributed by atoms with Crippen molar-refractivity contribution in [1.82, 2.24) is 33.2 Å². The zero-order valence-electron chi connectivity index (χ0n) is 47.5. The molecule has 5 heterocycles. The Morgan fingerprint density at radius 1 is 0.821 bits per heavy atom. The molecule has 1 atom stereocenters. The molecule has 440 valence electrons. The molecule has 3 fully saturated rings. The molecule has 0 saturated carbocycles. The fourth-order valence-corrected chi connectivity index (χ4v) is 12.8. The quantitative estimate of drug-likeness (QED) is 0.0423. The molecule has 0 bridgehead atoms. The molecule has 6 aromatic rings. The number of para-hydroxylation sites is 1. The summed E-state index contributed by atoms with van der Waals surface area (Å²) in [6.45, 7) is 6.22. The molecule has 3 saturated heterocycles. The highest BCUT2D eigenvalue weighted by Gasteiger charge is 2.46. The summed E-state index contributed by atoms with van der Waals surface area (Å²) in [5.41, 5.74) is 12.0. The number of aromatic nitrogens is 1. The van der Waals surface area contributed by atoms with E-state index in [9.17, 15) is 42.3 Å². The van der Waals surface area contributed by atoms with Crippen molar-refractivity contribution in [2.75, 3.05) is 110 Å². The van der Waals surface area contributed by atoms with Crippen molar-refractivity contribution in [3.8, 4) is 11.5 Å². The predicted molar refractivity (Wildman–Crippen MR) is 320 cm³/mol. The number of piperidine rings is 1. The number of imide groups is 2. The third-order valence-electron chi connectivity index (χ3n) is 16.1. The van der Waals surface area contributed by atoms with Gasteiger partial charge in [-0.3, -0.25) is 44.1 Å². The second kappa shape index (κ2) is 25.1. The number of allylic oxidation sites excluding steroid dienone is 1. The van der Waals surface area contributed by atoms with Gasteiger partial charge in [-0.1, -0.05) is 60.7 Å². The van der Waals surface area contributed by atoms with Crippen LogP contribution >= 0.6 is 0 Å². The Balaban J connectivity index is 0.848. The molecule has 4 aliphatic rings. The smallest absolute Gasteiger partial charge is 0.352 e.